The Morgan fingerprint density at radius 3 is 0.888 bits per heavy atom. The van der Waals surface area contributed by atoms with E-state index in [-0.39, 0.29) is 5.41 Å². The fourth-order valence-electron chi connectivity index (χ4n) is 12.7. The first-order valence-corrected chi connectivity index (χ1v) is 42.2. The summed E-state index contributed by atoms with van der Waals surface area (Å²) in [5.41, 5.74) is 15.8. The number of pyridine rings is 1. The average Bonchev–Trinajstić information content (AvgIpc) is 1.60. The van der Waals surface area contributed by atoms with Gasteiger partial charge < -0.3 is 8.98 Å². The van der Waals surface area contributed by atoms with Gasteiger partial charge >= 0.3 is 0 Å². The van der Waals surface area contributed by atoms with E-state index in [1.165, 1.54) is 91.5 Å². The van der Waals surface area contributed by atoms with Crippen molar-refractivity contribution in [3.63, 3.8) is 0 Å². The zero-order valence-electron chi connectivity index (χ0n) is 73.7. The van der Waals surface area contributed by atoms with Crippen molar-refractivity contribution in [1.82, 2.24) is 34.5 Å². The molecule has 0 saturated heterocycles. The van der Waals surface area contributed by atoms with E-state index in [0.717, 1.165) is 57.2 Å². The molecule has 6 aromatic heterocycles. The third kappa shape index (κ3) is 28.8. The molecule has 0 radical (unpaired) electrons. The van der Waals surface area contributed by atoms with Gasteiger partial charge in [0.2, 0.25) is 0 Å². The van der Waals surface area contributed by atoms with Gasteiger partial charge in [-0.3, -0.25) is 4.98 Å². The van der Waals surface area contributed by atoms with E-state index in [4.69, 9.17) is 4.42 Å². The number of aromatic nitrogens is 7. The minimum Gasteiger partial charge on any atom is -0.456 e. The van der Waals surface area contributed by atoms with E-state index < -0.39 is 0 Å². The summed E-state index contributed by atoms with van der Waals surface area (Å²) in [4.78, 5) is 24.5. The third-order valence-corrected chi connectivity index (χ3v) is 18.2. The highest BCUT2D eigenvalue weighted by Gasteiger charge is 2.34. The number of furan rings is 1. The molecule has 19 rings (SSSR count). The monoisotopic (exact) mass is 1560 g/mol. The molecule has 0 fully saturated rings. The fraction of sp³-hybridized carbons (Fsp3) is 0.234. The first-order chi connectivity index (χ1) is 56.7. The van der Waals surface area contributed by atoms with Gasteiger partial charge in [0.1, 0.15) is 34.5 Å². The molecule has 0 spiro atoms. The van der Waals surface area contributed by atoms with Gasteiger partial charge in [-0.05, 0) is 155 Å². The lowest BCUT2D eigenvalue weighted by atomic mass is 9.82. The summed E-state index contributed by atoms with van der Waals surface area (Å²) < 4.78 is 10.7. The van der Waals surface area contributed by atoms with Crippen molar-refractivity contribution in [3.05, 3.63) is 391 Å². The second-order valence-electron chi connectivity index (χ2n) is 25.2. The quantitative estimate of drug-likeness (QED) is 0.162. The second-order valence-corrected chi connectivity index (χ2v) is 26.3. The zero-order chi connectivity index (χ0) is 85.2. The predicted molar refractivity (Wildman–Crippen MR) is 512 cm³/mol. The smallest absolute Gasteiger partial charge is 0.135 e. The summed E-state index contributed by atoms with van der Waals surface area (Å²) in [5.74, 6) is 3.23. The van der Waals surface area contributed by atoms with Crippen molar-refractivity contribution in [3.8, 4) is 16.8 Å². The topological polar surface area (TPSA) is 95.4 Å². The number of para-hydroxylation sites is 5. The first kappa shape index (κ1) is 96.3. The van der Waals surface area contributed by atoms with E-state index in [0.29, 0.717) is 0 Å². The average molecular weight is 1560 g/mol. The molecule has 0 N–H and O–H groups in total. The molecule has 0 amide bonds. The van der Waals surface area contributed by atoms with Crippen LogP contribution in [0.15, 0.2) is 338 Å². The first-order valence-electron chi connectivity index (χ1n) is 41.4. The molecular formula is C107H127N7OS. The summed E-state index contributed by atoms with van der Waals surface area (Å²) >= 11 is 1.86. The second kappa shape index (κ2) is 53.9. The van der Waals surface area contributed by atoms with Crippen LogP contribution in [-0.4, -0.2) is 34.5 Å². The molecule has 0 unspecified atom stereocenters. The molecule has 18 aromatic rings. The van der Waals surface area contributed by atoms with Gasteiger partial charge in [-0.15, -0.1) is 11.3 Å². The number of rotatable bonds is 1. The highest BCUT2D eigenvalue weighted by Crippen LogP contribution is 2.48. The lowest BCUT2D eigenvalue weighted by Crippen LogP contribution is -2.14. The lowest BCUT2D eigenvalue weighted by molar-refractivity contribution is 0.660. The molecule has 6 heterocycles. The van der Waals surface area contributed by atoms with Crippen LogP contribution in [0.5, 0.6) is 0 Å². The van der Waals surface area contributed by atoms with Crippen molar-refractivity contribution < 1.29 is 4.42 Å². The minimum atomic E-state index is 0.160. The fourth-order valence-corrected chi connectivity index (χ4v) is 13.8. The van der Waals surface area contributed by atoms with Crippen molar-refractivity contribution >= 4 is 86.0 Å². The third-order valence-electron chi connectivity index (χ3n) is 17.1. The molecule has 9 heteroatoms. The SMILES string of the molecule is CC.CC.CC.CC.CC.CC.CC.CC1(C)c2ccccc2-c2ccccc21.Cc1cc(C)nc(C)n1.Cc1cccc(C)n1.Cc1nc(C)nc(C)n1.c1ccc(-n2c3ccccc3c3ccccc32)cc1.c1ccc2c(c1)oc1ccccc12.c1ccc2c(c1)sc1ccccc12.c1ccc2ccccc2c1.c1ccccc1. The van der Waals surface area contributed by atoms with Gasteiger partial charge in [-0.2, -0.15) is 0 Å². The van der Waals surface area contributed by atoms with Gasteiger partial charge in [-0.1, -0.05) is 378 Å². The summed E-state index contributed by atoms with van der Waals surface area (Å²) in [5, 5.41) is 10.4. The Hall–Kier alpha value is -12.0. The molecule has 116 heavy (non-hydrogen) atoms. The largest absolute Gasteiger partial charge is 0.456 e. The van der Waals surface area contributed by atoms with Crippen LogP contribution in [0.3, 0.4) is 0 Å². The Labute approximate surface area is 699 Å². The van der Waals surface area contributed by atoms with Crippen LogP contribution in [0.4, 0.5) is 0 Å². The van der Waals surface area contributed by atoms with Gasteiger partial charge in [0.25, 0.3) is 0 Å². The van der Waals surface area contributed by atoms with Crippen molar-refractivity contribution in [2.24, 2.45) is 0 Å². The number of aryl methyl sites for hydroxylation is 8. The van der Waals surface area contributed by atoms with Crippen LogP contribution in [0, 0.1) is 55.4 Å². The molecule has 0 saturated carbocycles. The standard InChI is InChI=1S/C18H13N.C15H14.C12H8O.C12H8S.C10H8.C7H10N2.C7H9N.C6H9N3.C6H6.7C2H6/c1-2-8-14(9-3-1)19-17-12-6-4-10-15(17)16-11-5-7-13-18(16)19;1-15(2)13-9-5-3-7-11(13)12-8-4-6-10-14(12)15;2*1-3-7-11-9(5-1)10-6-2-4-8-12(10)13-11;1-2-6-10-8-4-3-7-9(10)5-1;1-5-4-6(2)9-7(3)8-5;1-6-4-3-5-7(2)8-6;1-4-7-5(2)9-6(3)8-4;1-2-4-6-5-3-1;7*1-2/h1-13H;3-10H,1-2H3;2*1-8H;1-8H;4H,1-3H3;3-5H,1-2H3;1-3H3;1-6H;7*1-2H3. The van der Waals surface area contributed by atoms with E-state index in [9.17, 15) is 0 Å². The molecule has 0 atom stereocenters. The van der Waals surface area contributed by atoms with E-state index in [2.05, 4.69) is 285 Å². The molecular weight excluding hydrogens is 1430 g/mol. The number of hydrogen-bond acceptors (Lipinski definition) is 8. The molecule has 0 aliphatic heterocycles. The molecule has 12 aromatic carbocycles. The Bertz CT molecular complexity index is 5140. The Morgan fingerprint density at radius 1 is 0.250 bits per heavy atom. The van der Waals surface area contributed by atoms with Crippen molar-refractivity contribution in [1.29, 1.82) is 0 Å². The predicted octanol–water partition coefficient (Wildman–Crippen LogP) is 32.0. The highest BCUT2D eigenvalue weighted by atomic mass is 32.1. The van der Waals surface area contributed by atoms with Gasteiger partial charge in [0.15, 0.2) is 0 Å². The van der Waals surface area contributed by atoms with Crippen LogP contribution in [0.2, 0.25) is 0 Å². The summed E-state index contributed by atoms with van der Waals surface area (Å²) in [6.45, 7) is 48.0. The van der Waals surface area contributed by atoms with Gasteiger partial charge in [0, 0.05) is 75.6 Å². The molecule has 0 bridgehead atoms. The Kier molecular flexibility index (Phi) is 44.7. The number of thiophene rings is 1. The van der Waals surface area contributed by atoms with Crippen LogP contribution in [0.1, 0.15) is 168 Å². The summed E-state index contributed by atoms with van der Waals surface area (Å²) in [6, 6.07) is 115. The summed E-state index contributed by atoms with van der Waals surface area (Å²) in [7, 11) is 0. The number of nitrogens with zero attached hydrogens (tertiary/aromatic N) is 7. The van der Waals surface area contributed by atoms with E-state index in [1.54, 1.807) is 0 Å². The van der Waals surface area contributed by atoms with Crippen LogP contribution >= 0.6 is 11.3 Å². The van der Waals surface area contributed by atoms with Crippen LogP contribution in [-0.2, 0) is 5.41 Å². The van der Waals surface area contributed by atoms with Crippen molar-refractivity contribution in [2.45, 2.75) is 172 Å². The maximum Gasteiger partial charge on any atom is 0.135 e. The zero-order valence-corrected chi connectivity index (χ0v) is 74.5. The summed E-state index contributed by atoms with van der Waals surface area (Å²) in [6.07, 6.45) is 0. The van der Waals surface area contributed by atoms with Gasteiger partial charge in [-0.25, -0.2) is 24.9 Å². The number of hydrogen-bond donors (Lipinski definition) is 0. The van der Waals surface area contributed by atoms with Crippen molar-refractivity contribution in [2.75, 3.05) is 0 Å². The minimum absolute atomic E-state index is 0.160. The maximum atomic E-state index is 5.65. The van der Waals surface area contributed by atoms with Crippen LogP contribution in [0.25, 0.3) is 91.5 Å². The Morgan fingerprint density at radius 2 is 0.534 bits per heavy atom. The van der Waals surface area contributed by atoms with Gasteiger partial charge in [0.05, 0.1) is 11.0 Å². The number of benzene rings is 12. The van der Waals surface area contributed by atoms with Crippen LogP contribution < -0.4 is 0 Å². The van der Waals surface area contributed by atoms with E-state index >= 15 is 0 Å². The normalized spacial score (nSPS) is 10.1. The molecule has 1 aliphatic rings. The highest BCUT2D eigenvalue weighted by molar-refractivity contribution is 7.25. The molecule has 8 nitrogen and oxygen atoms in total. The maximum absolute atomic E-state index is 5.65. The lowest BCUT2D eigenvalue weighted by Gasteiger charge is -2.20. The van der Waals surface area contributed by atoms with E-state index in [1.807, 2.05) is 261 Å². The molecule has 1 aliphatic carbocycles. The number of fused-ring (bicyclic) bond motifs is 13. The Balaban J connectivity index is 0.000000273. The molecule has 602 valence electrons.